The number of aromatic nitrogens is 1. The largest absolute Gasteiger partial charge is 0.436 e. The van der Waals surface area contributed by atoms with Crippen LogP contribution in [0.3, 0.4) is 0 Å². The van der Waals surface area contributed by atoms with Gasteiger partial charge in [0, 0.05) is 61.3 Å². The number of fused-ring (bicyclic) bond motifs is 2. The fourth-order valence-electron chi connectivity index (χ4n) is 5.20. The second-order valence-electron chi connectivity index (χ2n) is 10.2. The first kappa shape index (κ1) is 29.9. The van der Waals surface area contributed by atoms with Crippen LogP contribution >= 0.6 is 22.9 Å². The molecule has 3 N–H and O–H groups in total. The first-order chi connectivity index (χ1) is 19.6. The summed E-state index contributed by atoms with van der Waals surface area (Å²) in [6.07, 6.45) is 0.379. The van der Waals surface area contributed by atoms with Crippen molar-refractivity contribution in [3.8, 4) is 0 Å². The number of nitrogens with zero attached hydrogens (tertiary/aromatic N) is 4. The predicted octanol–water partition coefficient (Wildman–Crippen LogP) is 1.30. The summed E-state index contributed by atoms with van der Waals surface area (Å²) in [4.78, 5) is 33.8. The molecular weight excluding hydrogens is 594 g/mol. The Labute approximate surface area is 246 Å². The number of aliphatic hydroxyl groups is 2. The Morgan fingerprint density at radius 3 is 2.71 bits per heavy atom. The number of piperazine rings is 1. The van der Waals surface area contributed by atoms with Gasteiger partial charge in [-0.3, -0.25) is 9.59 Å². The van der Waals surface area contributed by atoms with Crippen molar-refractivity contribution in [3.63, 3.8) is 0 Å². The molecule has 0 spiro atoms. The van der Waals surface area contributed by atoms with Gasteiger partial charge in [-0.25, -0.2) is 13.4 Å². The van der Waals surface area contributed by atoms with Gasteiger partial charge in [0.15, 0.2) is 0 Å². The zero-order chi connectivity index (χ0) is 29.3. The van der Waals surface area contributed by atoms with E-state index in [1.807, 2.05) is 6.92 Å². The van der Waals surface area contributed by atoms with Crippen molar-refractivity contribution in [2.75, 3.05) is 45.9 Å². The third kappa shape index (κ3) is 6.28. The maximum absolute atomic E-state index is 13.9. The number of thiophene rings is 1. The van der Waals surface area contributed by atoms with Crippen LogP contribution in [0.15, 0.2) is 32.9 Å². The number of halogens is 1. The third-order valence-corrected chi connectivity index (χ3v) is 11.0. The van der Waals surface area contributed by atoms with Crippen LogP contribution in [0.1, 0.15) is 35.5 Å². The van der Waals surface area contributed by atoms with Gasteiger partial charge in [-0.15, -0.1) is 11.3 Å². The van der Waals surface area contributed by atoms with Crippen LogP contribution < -0.4 is 5.32 Å². The van der Waals surface area contributed by atoms with Crippen molar-refractivity contribution >= 4 is 54.9 Å². The summed E-state index contributed by atoms with van der Waals surface area (Å²) in [5, 5.41) is 23.3. The maximum atomic E-state index is 13.9. The standard InChI is InChI=1S/C26H32ClN5O7S2/c1-16-10-20-21(14-28-16)39-25(29-20)26(36)31-4-5-32(19(15-31)13-23(35)30(6-8-33)7-9-34)41(37,38)24-11-17-2-3-18(27)12-22(17)40-24/h2-3,11-12,16,19,28,33-34H,4-10,13-15H2,1H3. The molecule has 2 amide bonds. The number of carbonyl (C=O) groups excluding carboxylic acids is 2. The zero-order valence-electron chi connectivity index (χ0n) is 22.5. The molecule has 2 unspecified atom stereocenters. The van der Waals surface area contributed by atoms with Crippen LogP contribution in [0.25, 0.3) is 10.1 Å². The van der Waals surface area contributed by atoms with Gasteiger partial charge in [0.2, 0.25) is 5.91 Å². The van der Waals surface area contributed by atoms with Crippen molar-refractivity contribution in [1.29, 1.82) is 0 Å². The van der Waals surface area contributed by atoms with Crippen LogP contribution in [0.5, 0.6) is 0 Å². The number of hydrogen-bond acceptors (Lipinski definition) is 10. The number of carbonyl (C=O) groups is 2. The molecule has 2 aromatic heterocycles. The fraction of sp³-hybridized carbons (Fsp3) is 0.500. The Hall–Kier alpha value is -2.59. The third-order valence-electron chi connectivity index (χ3n) is 7.31. The molecule has 4 heterocycles. The molecule has 0 saturated carbocycles. The highest BCUT2D eigenvalue weighted by molar-refractivity contribution is 7.91. The number of rotatable bonds is 9. The zero-order valence-corrected chi connectivity index (χ0v) is 24.8. The highest BCUT2D eigenvalue weighted by atomic mass is 35.5. The predicted molar refractivity (Wildman–Crippen MR) is 152 cm³/mol. The van der Waals surface area contributed by atoms with E-state index in [1.165, 1.54) is 14.1 Å². The topological polar surface area (TPSA) is 157 Å². The molecule has 12 nitrogen and oxygen atoms in total. The molecule has 1 aromatic carbocycles. The Balaban J connectivity index is 1.43. The monoisotopic (exact) mass is 625 g/mol. The summed E-state index contributed by atoms with van der Waals surface area (Å²) < 4.78 is 35.7. The molecule has 3 aromatic rings. The summed E-state index contributed by atoms with van der Waals surface area (Å²) in [7, 11) is -4.05. The number of aliphatic hydroxyl groups excluding tert-OH is 2. The number of benzene rings is 1. The van der Waals surface area contributed by atoms with Gasteiger partial charge in [-0.1, -0.05) is 17.7 Å². The fourth-order valence-corrected chi connectivity index (χ4v) is 8.61. The van der Waals surface area contributed by atoms with Gasteiger partial charge in [-0.05, 0) is 30.5 Å². The van der Waals surface area contributed by atoms with E-state index < -0.39 is 27.9 Å². The van der Waals surface area contributed by atoms with Gasteiger partial charge in [0.1, 0.15) is 9.97 Å². The molecule has 1 fully saturated rings. The Morgan fingerprint density at radius 2 is 1.98 bits per heavy atom. The maximum Gasteiger partial charge on any atom is 0.309 e. The van der Waals surface area contributed by atoms with E-state index in [1.54, 1.807) is 24.3 Å². The molecule has 2 aliphatic rings. The second-order valence-corrected chi connectivity index (χ2v) is 13.8. The lowest BCUT2D eigenvalue weighted by atomic mass is 10.1. The van der Waals surface area contributed by atoms with E-state index in [0.717, 1.165) is 22.4 Å². The molecule has 2 aliphatic heterocycles. The quantitative estimate of drug-likeness (QED) is 0.319. The minimum atomic E-state index is -4.05. The summed E-state index contributed by atoms with van der Waals surface area (Å²) in [6.45, 7) is 1.83. The van der Waals surface area contributed by atoms with E-state index in [2.05, 4.69) is 10.3 Å². The average Bonchev–Trinajstić information content (AvgIpc) is 3.56. The van der Waals surface area contributed by atoms with Crippen molar-refractivity contribution in [2.24, 2.45) is 0 Å². The van der Waals surface area contributed by atoms with Gasteiger partial charge < -0.3 is 29.7 Å². The van der Waals surface area contributed by atoms with Crippen LogP contribution in [-0.2, 0) is 27.8 Å². The SMILES string of the molecule is CC1Cc2nc(C(=O)N3CCN(S(=O)(=O)c4cc5ccc(Cl)cc5s4)C(CC(=O)N(CCO)CCO)C3)oc2CN1. The van der Waals surface area contributed by atoms with E-state index in [-0.39, 0.29) is 68.5 Å². The lowest BCUT2D eigenvalue weighted by Gasteiger charge is -2.40. The number of amides is 2. The number of oxazole rings is 1. The Kier molecular flexibility index (Phi) is 8.99. The van der Waals surface area contributed by atoms with Crippen LogP contribution in [0, 0.1) is 0 Å². The summed E-state index contributed by atoms with van der Waals surface area (Å²) >= 11 is 7.19. The van der Waals surface area contributed by atoms with Gasteiger partial charge >= 0.3 is 5.91 Å². The van der Waals surface area contributed by atoms with Crippen molar-refractivity contribution < 1.29 is 32.6 Å². The number of nitrogens with one attached hydrogen (secondary N) is 1. The summed E-state index contributed by atoms with van der Waals surface area (Å²) in [5.41, 5.74) is 0.723. The molecule has 222 valence electrons. The van der Waals surface area contributed by atoms with Crippen molar-refractivity contribution in [2.45, 2.75) is 42.6 Å². The minimum Gasteiger partial charge on any atom is -0.436 e. The Bertz CT molecular complexity index is 1540. The summed E-state index contributed by atoms with van der Waals surface area (Å²) in [5.74, 6) is -0.369. The molecule has 5 rings (SSSR count). The lowest BCUT2D eigenvalue weighted by molar-refractivity contribution is -0.133. The van der Waals surface area contributed by atoms with Crippen LogP contribution in [0.4, 0.5) is 0 Å². The molecular formula is C26H32ClN5O7S2. The summed E-state index contributed by atoms with van der Waals surface area (Å²) in [6, 6.07) is 6.02. The second kappa shape index (κ2) is 12.3. The van der Waals surface area contributed by atoms with Gasteiger partial charge in [-0.2, -0.15) is 4.31 Å². The van der Waals surface area contributed by atoms with Crippen LogP contribution in [0.2, 0.25) is 5.02 Å². The van der Waals surface area contributed by atoms with Crippen molar-refractivity contribution in [3.05, 3.63) is 46.6 Å². The normalized spacial score (nSPS) is 19.9. The first-order valence-corrected chi connectivity index (χ1v) is 16.0. The average molecular weight is 626 g/mol. The molecule has 0 bridgehead atoms. The Morgan fingerprint density at radius 1 is 1.22 bits per heavy atom. The minimum absolute atomic E-state index is 0.00703. The molecule has 15 heteroatoms. The highest BCUT2D eigenvalue weighted by Gasteiger charge is 2.41. The van der Waals surface area contributed by atoms with E-state index >= 15 is 0 Å². The van der Waals surface area contributed by atoms with E-state index in [0.29, 0.717) is 28.4 Å². The molecule has 41 heavy (non-hydrogen) atoms. The number of hydrogen-bond donors (Lipinski definition) is 3. The van der Waals surface area contributed by atoms with Crippen LogP contribution in [-0.4, -0.2) is 108 Å². The van der Waals surface area contributed by atoms with Gasteiger partial charge in [0.25, 0.3) is 15.9 Å². The smallest absolute Gasteiger partial charge is 0.309 e. The molecule has 0 radical (unpaired) electrons. The molecule has 0 aliphatic carbocycles. The number of sulfonamides is 1. The first-order valence-electron chi connectivity index (χ1n) is 13.3. The molecule has 2 atom stereocenters. The lowest BCUT2D eigenvalue weighted by Crippen LogP contribution is -2.57. The van der Waals surface area contributed by atoms with E-state index in [4.69, 9.17) is 16.0 Å². The van der Waals surface area contributed by atoms with Gasteiger partial charge in [0.05, 0.1) is 31.5 Å². The molecule has 1 saturated heterocycles. The van der Waals surface area contributed by atoms with E-state index in [9.17, 15) is 28.2 Å². The van der Waals surface area contributed by atoms with Crippen molar-refractivity contribution in [1.82, 2.24) is 24.4 Å². The highest BCUT2D eigenvalue weighted by Crippen LogP contribution is 2.34.